The lowest BCUT2D eigenvalue weighted by Crippen LogP contribution is -2.47. The van der Waals surface area contributed by atoms with E-state index in [1.54, 1.807) is 11.3 Å². The summed E-state index contributed by atoms with van der Waals surface area (Å²) in [6.07, 6.45) is 0. The van der Waals surface area contributed by atoms with Gasteiger partial charge >= 0.3 is 5.97 Å². The van der Waals surface area contributed by atoms with Gasteiger partial charge in [-0.1, -0.05) is 0 Å². The molecule has 18 heavy (non-hydrogen) atoms. The standard InChI is InChI=1S/C12H17BrN2O2S/c1-2-17-12(16)11(9-7-10(13)18-8-9)15-5-3-14-4-6-15/h7-8,11,14H,2-6H2,1H3. The van der Waals surface area contributed by atoms with Crippen LogP contribution in [0.25, 0.3) is 0 Å². The number of ether oxygens (including phenoxy) is 1. The molecule has 1 aliphatic rings. The Bertz CT molecular complexity index is 405. The minimum Gasteiger partial charge on any atom is -0.465 e. The lowest BCUT2D eigenvalue weighted by molar-refractivity contribution is -0.150. The molecule has 6 heteroatoms. The van der Waals surface area contributed by atoms with Crippen molar-refractivity contribution in [3.05, 3.63) is 20.8 Å². The highest BCUT2D eigenvalue weighted by Crippen LogP contribution is 2.30. The highest BCUT2D eigenvalue weighted by molar-refractivity contribution is 9.11. The van der Waals surface area contributed by atoms with Crippen molar-refractivity contribution >= 4 is 33.2 Å². The van der Waals surface area contributed by atoms with Gasteiger partial charge in [-0.15, -0.1) is 11.3 Å². The van der Waals surface area contributed by atoms with E-state index in [1.807, 2.05) is 18.4 Å². The van der Waals surface area contributed by atoms with E-state index in [0.717, 1.165) is 35.5 Å². The lowest BCUT2D eigenvalue weighted by atomic mass is 10.1. The van der Waals surface area contributed by atoms with E-state index in [9.17, 15) is 4.79 Å². The molecule has 0 aliphatic carbocycles. The van der Waals surface area contributed by atoms with E-state index in [1.165, 1.54) is 0 Å². The topological polar surface area (TPSA) is 41.6 Å². The number of hydrogen-bond acceptors (Lipinski definition) is 5. The number of carbonyl (C=O) groups is 1. The molecule has 100 valence electrons. The van der Waals surface area contributed by atoms with E-state index in [4.69, 9.17) is 4.74 Å². The summed E-state index contributed by atoms with van der Waals surface area (Å²) in [6.45, 7) is 5.85. The third-order valence-electron chi connectivity index (χ3n) is 2.93. The van der Waals surface area contributed by atoms with Crippen LogP contribution in [0.1, 0.15) is 18.5 Å². The van der Waals surface area contributed by atoms with Crippen LogP contribution in [0.2, 0.25) is 0 Å². The second kappa shape index (κ2) is 6.65. The Kier molecular flexibility index (Phi) is 5.17. The zero-order valence-corrected chi connectivity index (χ0v) is 12.7. The molecule has 1 aromatic heterocycles. The zero-order chi connectivity index (χ0) is 13.0. The van der Waals surface area contributed by atoms with E-state index < -0.39 is 0 Å². The zero-order valence-electron chi connectivity index (χ0n) is 10.3. The lowest BCUT2D eigenvalue weighted by Gasteiger charge is -2.33. The minimum absolute atomic E-state index is 0.148. The van der Waals surface area contributed by atoms with Gasteiger partial charge in [0.1, 0.15) is 6.04 Å². The molecule has 1 atom stereocenters. The van der Waals surface area contributed by atoms with Crippen molar-refractivity contribution in [3.63, 3.8) is 0 Å². The van der Waals surface area contributed by atoms with Crippen molar-refractivity contribution in [1.82, 2.24) is 10.2 Å². The summed E-state index contributed by atoms with van der Waals surface area (Å²) in [6, 6.07) is 1.74. The highest BCUT2D eigenvalue weighted by Gasteiger charge is 2.30. The van der Waals surface area contributed by atoms with Crippen molar-refractivity contribution in [3.8, 4) is 0 Å². The van der Waals surface area contributed by atoms with Crippen LogP contribution in [0.4, 0.5) is 0 Å². The molecule has 0 saturated carbocycles. The molecule has 0 amide bonds. The molecule has 1 aromatic rings. The molecule has 2 heterocycles. The highest BCUT2D eigenvalue weighted by atomic mass is 79.9. The number of halogens is 1. The van der Waals surface area contributed by atoms with Crippen LogP contribution in [0.5, 0.6) is 0 Å². The van der Waals surface area contributed by atoms with Crippen molar-refractivity contribution in [1.29, 1.82) is 0 Å². The molecule has 1 saturated heterocycles. The van der Waals surface area contributed by atoms with Crippen molar-refractivity contribution in [2.45, 2.75) is 13.0 Å². The Morgan fingerprint density at radius 2 is 2.33 bits per heavy atom. The summed E-state index contributed by atoms with van der Waals surface area (Å²) in [5.74, 6) is -0.148. The van der Waals surface area contributed by atoms with Crippen LogP contribution in [-0.2, 0) is 9.53 Å². The number of hydrogen-bond donors (Lipinski definition) is 1. The first-order chi connectivity index (χ1) is 8.72. The molecule has 1 fully saturated rings. The molecule has 4 nitrogen and oxygen atoms in total. The van der Waals surface area contributed by atoms with Gasteiger partial charge in [0.05, 0.1) is 10.4 Å². The summed E-state index contributed by atoms with van der Waals surface area (Å²) in [5, 5.41) is 5.32. The van der Waals surface area contributed by atoms with Gasteiger partial charge in [-0.2, -0.15) is 0 Å². The summed E-state index contributed by atoms with van der Waals surface area (Å²) in [4.78, 5) is 14.3. The SMILES string of the molecule is CCOC(=O)C(c1csc(Br)c1)N1CCNCC1. The van der Waals surface area contributed by atoms with E-state index in [0.29, 0.717) is 6.61 Å². The molecular weight excluding hydrogens is 316 g/mol. The van der Waals surface area contributed by atoms with Crippen molar-refractivity contribution in [2.24, 2.45) is 0 Å². The normalized spacial score (nSPS) is 18.6. The number of nitrogens with one attached hydrogen (secondary N) is 1. The van der Waals surface area contributed by atoms with E-state index in [2.05, 4.69) is 26.1 Å². The average molecular weight is 333 g/mol. The van der Waals surface area contributed by atoms with E-state index >= 15 is 0 Å². The van der Waals surface area contributed by atoms with Gasteiger partial charge in [-0.25, -0.2) is 4.79 Å². The van der Waals surface area contributed by atoms with Gasteiger partial charge in [-0.3, -0.25) is 4.90 Å². The predicted octanol–water partition coefficient (Wildman–Crippen LogP) is 2.02. The third kappa shape index (κ3) is 3.32. The molecule has 0 aromatic carbocycles. The van der Waals surface area contributed by atoms with Gasteiger partial charge in [-0.05, 0) is 39.9 Å². The van der Waals surface area contributed by atoms with Crippen LogP contribution >= 0.6 is 27.3 Å². The Hall–Kier alpha value is -0.430. The number of piperazine rings is 1. The van der Waals surface area contributed by atoms with E-state index in [-0.39, 0.29) is 12.0 Å². The first kappa shape index (κ1) is 14.0. The van der Waals surface area contributed by atoms with Crippen molar-refractivity contribution < 1.29 is 9.53 Å². The number of nitrogens with zero attached hydrogens (tertiary/aromatic N) is 1. The summed E-state index contributed by atoms with van der Waals surface area (Å²) < 4.78 is 6.25. The largest absolute Gasteiger partial charge is 0.465 e. The van der Waals surface area contributed by atoms with Gasteiger partial charge in [0.15, 0.2) is 0 Å². The van der Waals surface area contributed by atoms with Crippen molar-refractivity contribution in [2.75, 3.05) is 32.8 Å². The van der Waals surface area contributed by atoms with Gasteiger partial charge in [0, 0.05) is 26.2 Å². The Morgan fingerprint density at radius 3 is 2.89 bits per heavy atom. The number of rotatable bonds is 4. The Morgan fingerprint density at radius 1 is 1.61 bits per heavy atom. The molecule has 1 N–H and O–H groups in total. The monoisotopic (exact) mass is 332 g/mol. The number of esters is 1. The average Bonchev–Trinajstić information content (AvgIpc) is 2.78. The van der Waals surface area contributed by atoms with Gasteiger partial charge < -0.3 is 10.1 Å². The Balaban J connectivity index is 2.18. The summed E-state index contributed by atoms with van der Waals surface area (Å²) in [7, 11) is 0. The fourth-order valence-corrected chi connectivity index (χ4v) is 3.32. The maximum atomic E-state index is 12.2. The number of thiophene rings is 1. The predicted molar refractivity (Wildman–Crippen MR) is 75.8 cm³/mol. The second-order valence-corrected chi connectivity index (χ2v) is 6.42. The van der Waals surface area contributed by atoms with Crippen LogP contribution in [0.15, 0.2) is 15.2 Å². The first-order valence-corrected chi connectivity index (χ1v) is 7.75. The van der Waals surface area contributed by atoms with Crippen LogP contribution in [0, 0.1) is 0 Å². The fourth-order valence-electron chi connectivity index (χ4n) is 2.12. The number of carbonyl (C=O) groups excluding carboxylic acids is 1. The van der Waals surface area contributed by atoms with Gasteiger partial charge in [0.2, 0.25) is 0 Å². The molecule has 1 aliphatic heterocycles. The molecule has 0 radical (unpaired) electrons. The summed E-state index contributed by atoms with van der Waals surface area (Å²) in [5.41, 5.74) is 1.02. The quantitative estimate of drug-likeness (QED) is 0.856. The fraction of sp³-hybridized carbons (Fsp3) is 0.583. The minimum atomic E-state index is -0.269. The maximum Gasteiger partial charge on any atom is 0.328 e. The molecule has 1 unspecified atom stereocenters. The summed E-state index contributed by atoms with van der Waals surface area (Å²) >= 11 is 5.05. The third-order valence-corrected chi connectivity index (χ3v) is 4.45. The smallest absolute Gasteiger partial charge is 0.328 e. The first-order valence-electron chi connectivity index (χ1n) is 6.07. The van der Waals surface area contributed by atoms with Crippen LogP contribution in [-0.4, -0.2) is 43.7 Å². The maximum absolute atomic E-state index is 12.2. The van der Waals surface area contributed by atoms with Crippen LogP contribution < -0.4 is 5.32 Å². The molecule has 2 rings (SSSR count). The second-order valence-electron chi connectivity index (χ2n) is 4.12. The van der Waals surface area contributed by atoms with Gasteiger partial charge in [0.25, 0.3) is 0 Å². The molecular formula is C12H17BrN2O2S. The molecule has 0 bridgehead atoms. The van der Waals surface area contributed by atoms with Crippen LogP contribution in [0.3, 0.4) is 0 Å². The Labute approximate surface area is 119 Å². The molecule has 0 spiro atoms.